The second-order valence-electron chi connectivity index (χ2n) is 7.10. The van der Waals surface area contributed by atoms with Crippen LogP contribution in [0.3, 0.4) is 0 Å². The van der Waals surface area contributed by atoms with Crippen molar-refractivity contribution in [1.29, 1.82) is 0 Å². The molecule has 0 amide bonds. The molecule has 5 nitrogen and oxygen atoms in total. The Balaban J connectivity index is 0.00000300. The molecule has 160 valence electrons. The first kappa shape index (κ1) is 24.0. The van der Waals surface area contributed by atoms with Gasteiger partial charge < -0.3 is 20.3 Å². The molecule has 1 aliphatic heterocycles. The van der Waals surface area contributed by atoms with E-state index in [4.69, 9.17) is 4.74 Å². The number of nitrogens with zero attached hydrogens (tertiary/aromatic N) is 2. The van der Waals surface area contributed by atoms with Gasteiger partial charge >= 0.3 is 0 Å². The Labute approximate surface area is 196 Å². The lowest BCUT2D eigenvalue weighted by molar-refractivity contribution is 0.121. The smallest absolute Gasteiger partial charge is 0.191 e. The van der Waals surface area contributed by atoms with Crippen LogP contribution < -0.4 is 15.5 Å². The normalized spacial score (nSPS) is 15.1. The molecule has 0 unspecified atom stereocenters. The molecular formula is C22H33IN4OS. The quantitative estimate of drug-likeness (QED) is 0.227. The number of benzene rings is 1. The second-order valence-corrected chi connectivity index (χ2v) is 8.03. The van der Waals surface area contributed by atoms with Crippen LogP contribution >= 0.6 is 35.3 Å². The van der Waals surface area contributed by atoms with Crippen LogP contribution in [-0.4, -0.2) is 38.7 Å². The molecule has 0 spiro atoms. The van der Waals surface area contributed by atoms with Crippen molar-refractivity contribution in [2.75, 3.05) is 31.6 Å². The highest BCUT2D eigenvalue weighted by Gasteiger charge is 2.20. The first-order chi connectivity index (χ1) is 13.8. The standard InChI is InChI=1S/C22H32N4OS.HI/c1-3-14-27-17-19-8-5-4-7-18(19)16-24-22(23-2)25-20-10-12-26(13-11-20)21-9-6-15-28-21;/h4-9,15,20H,3,10-14,16-17H2,1-2H3,(H2,23,24,25);1H. The fourth-order valence-corrected chi connectivity index (χ4v) is 4.24. The van der Waals surface area contributed by atoms with E-state index < -0.39 is 0 Å². The fraction of sp³-hybridized carbons (Fsp3) is 0.500. The van der Waals surface area contributed by atoms with Gasteiger partial charge in [-0.1, -0.05) is 31.2 Å². The number of rotatable bonds is 8. The minimum Gasteiger partial charge on any atom is -0.377 e. The lowest BCUT2D eigenvalue weighted by Gasteiger charge is -2.33. The van der Waals surface area contributed by atoms with E-state index in [1.807, 2.05) is 18.4 Å². The zero-order valence-electron chi connectivity index (χ0n) is 17.4. The average Bonchev–Trinajstić information content (AvgIpc) is 3.27. The molecule has 1 fully saturated rings. The number of nitrogens with one attached hydrogen (secondary N) is 2. The summed E-state index contributed by atoms with van der Waals surface area (Å²) >= 11 is 1.82. The van der Waals surface area contributed by atoms with E-state index in [0.29, 0.717) is 12.6 Å². The van der Waals surface area contributed by atoms with Gasteiger partial charge in [0.1, 0.15) is 0 Å². The number of piperidine rings is 1. The van der Waals surface area contributed by atoms with E-state index >= 15 is 0 Å². The van der Waals surface area contributed by atoms with Crippen LogP contribution in [-0.2, 0) is 17.9 Å². The van der Waals surface area contributed by atoms with Crippen LogP contribution in [0.25, 0.3) is 0 Å². The molecule has 0 atom stereocenters. The predicted octanol–water partition coefficient (Wildman–Crippen LogP) is 4.63. The molecule has 1 aromatic heterocycles. The summed E-state index contributed by atoms with van der Waals surface area (Å²) in [7, 11) is 1.84. The summed E-state index contributed by atoms with van der Waals surface area (Å²) in [6, 6.07) is 13.2. The van der Waals surface area contributed by atoms with Crippen molar-refractivity contribution in [3.8, 4) is 0 Å². The third-order valence-corrected chi connectivity index (χ3v) is 5.98. The van der Waals surface area contributed by atoms with Gasteiger partial charge in [0.2, 0.25) is 0 Å². The van der Waals surface area contributed by atoms with Crippen LogP contribution in [0.2, 0.25) is 0 Å². The monoisotopic (exact) mass is 528 g/mol. The van der Waals surface area contributed by atoms with Crippen molar-refractivity contribution < 1.29 is 4.74 Å². The van der Waals surface area contributed by atoms with Crippen LogP contribution in [0.5, 0.6) is 0 Å². The molecule has 2 aromatic rings. The van der Waals surface area contributed by atoms with Crippen molar-refractivity contribution in [2.45, 2.75) is 45.4 Å². The summed E-state index contributed by atoms with van der Waals surface area (Å²) in [5.74, 6) is 0.874. The molecule has 1 saturated heterocycles. The van der Waals surface area contributed by atoms with E-state index in [-0.39, 0.29) is 24.0 Å². The number of hydrogen-bond donors (Lipinski definition) is 2. The average molecular weight is 529 g/mol. The summed E-state index contributed by atoms with van der Waals surface area (Å²) in [5.41, 5.74) is 2.50. The number of guanidine groups is 1. The molecule has 0 saturated carbocycles. The predicted molar refractivity (Wildman–Crippen MR) is 135 cm³/mol. The highest BCUT2D eigenvalue weighted by Crippen LogP contribution is 2.24. The van der Waals surface area contributed by atoms with Crippen molar-refractivity contribution in [1.82, 2.24) is 10.6 Å². The Bertz CT molecular complexity index is 730. The van der Waals surface area contributed by atoms with Crippen molar-refractivity contribution in [3.05, 3.63) is 52.9 Å². The first-order valence-electron chi connectivity index (χ1n) is 10.2. The Kier molecular flexibility index (Phi) is 10.8. The lowest BCUT2D eigenvalue weighted by Crippen LogP contribution is -2.48. The second kappa shape index (κ2) is 13.1. The highest BCUT2D eigenvalue weighted by molar-refractivity contribution is 14.0. The van der Waals surface area contributed by atoms with E-state index in [9.17, 15) is 0 Å². The molecular weight excluding hydrogens is 495 g/mol. The number of aliphatic imine (C=N–C) groups is 1. The Morgan fingerprint density at radius 2 is 1.93 bits per heavy atom. The molecule has 3 rings (SSSR count). The first-order valence-corrected chi connectivity index (χ1v) is 11.1. The van der Waals surface area contributed by atoms with Gasteiger partial charge in [0.25, 0.3) is 0 Å². The number of thiophene rings is 1. The molecule has 1 aliphatic rings. The van der Waals surface area contributed by atoms with Crippen LogP contribution in [0.15, 0.2) is 46.8 Å². The van der Waals surface area contributed by atoms with Gasteiger partial charge in [0.15, 0.2) is 5.96 Å². The number of halogens is 1. The minimum atomic E-state index is 0. The van der Waals surface area contributed by atoms with Crippen LogP contribution in [0.1, 0.15) is 37.3 Å². The SMILES string of the molecule is CCCOCc1ccccc1CNC(=NC)NC1CCN(c2cccs2)CC1.I. The highest BCUT2D eigenvalue weighted by atomic mass is 127. The summed E-state index contributed by atoms with van der Waals surface area (Å²) in [5, 5.41) is 10.6. The lowest BCUT2D eigenvalue weighted by atomic mass is 10.1. The van der Waals surface area contributed by atoms with Gasteiger partial charge in [-0.25, -0.2) is 0 Å². The van der Waals surface area contributed by atoms with Crippen molar-refractivity contribution in [2.24, 2.45) is 4.99 Å². The Morgan fingerprint density at radius 3 is 2.59 bits per heavy atom. The van der Waals surface area contributed by atoms with E-state index in [1.165, 1.54) is 16.1 Å². The third kappa shape index (κ3) is 7.46. The van der Waals surface area contributed by atoms with Gasteiger partial charge in [-0.15, -0.1) is 35.3 Å². The molecule has 7 heteroatoms. The Hall–Kier alpha value is -1.32. The molecule has 0 radical (unpaired) electrons. The van der Waals surface area contributed by atoms with Gasteiger partial charge in [-0.2, -0.15) is 0 Å². The van der Waals surface area contributed by atoms with Gasteiger partial charge in [0.05, 0.1) is 11.6 Å². The van der Waals surface area contributed by atoms with E-state index in [0.717, 1.165) is 51.5 Å². The Morgan fingerprint density at radius 1 is 1.17 bits per heavy atom. The summed E-state index contributed by atoms with van der Waals surface area (Å²) in [6.45, 7) is 6.53. The van der Waals surface area contributed by atoms with Crippen molar-refractivity contribution in [3.63, 3.8) is 0 Å². The molecule has 2 heterocycles. The van der Waals surface area contributed by atoms with Crippen molar-refractivity contribution >= 4 is 46.3 Å². The molecule has 0 bridgehead atoms. The van der Waals surface area contributed by atoms with Crippen LogP contribution in [0.4, 0.5) is 5.00 Å². The van der Waals surface area contributed by atoms with Gasteiger partial charge in [-0.05, 0) is 47.9 Å². The van der Waals surface area contributed by atoms with Crippen LogP contribution in [0, 0.1) is 0 Å². The zero-order valence-corrected chi connectivity index (χ0v) is 20.5. The molecule has 29 heavy (non-hydrogen) atoms. The minimum absolute atomic E-state index is 0. The van der Waals surface area contributed by atoms with Gasteiger partial charge in [0, 0.05) is 39.3 Å². The topological polar surface area (TPSA) is 48.9 Å². The number of anilines is 1. The third-order valence-electron chi connectivity index (χ3n) is 5.05. The molecule has 0 aliphatic carbocycles. The zero-order chi connectivity index (χ0) is 19.6. The maximum absolute atomic E-state index is 5.73. The van der Waals surface area contributed by atoms with E-state index in [2.05, 4.69) is 69.2 Å². The summed E-state index contributed by atoms with van der Waals surface area (Å²) in [4.78, 5) is 6.90. The number of hydrogen-bond acceptors (Lipinski definition) is 4. The van der Waals surface area contributed by atoms with E-state index in [1.54, 1.807) is 0 Å². The maximum Gasteiger partial charge on any atom is 0.191 e. The molecule has 2 N–H and O–H groups in total. The number of ether oxygens (including phenoxy) is 1. The van der Waals surface area contributed by atoms with Gasteiger partial charge in [-0.3, -0.25) is 4.99 Å². The largest absolute Gasteiger partial charge is 0.377 e. The molecule has 1 aromatic carbocycles. The fourth-order valence-electron chi connectivity index (χ4n) is 3.46. The maximum atomic E-state index is 5.73. The summed E-state index contributed by atoms with van der Waals surface area (Å²) < 4.78 is 5.73. The summed E-state index contributed by atoms with van der Waals surface area (Å²) in [6.07, 6.45) is 3.29.